The van der Waals surface area contributed by atoms with E-state index in [1.165, 1.54) is 18.2 Å². The van der Waals surface area contributed by atoms with E-state index in [2.05, 4.69) is 0 Å². The van der Waals surface area contributed by atoms with Crippen LogP contribution in [0.1, 0.15) is 5.56 Å². The van der Waals surface area contributed by atoms with Gasteiger partial charge in [0.2, 0.25) is 0 Å². The van der Waals surface area contributed by atoms with Crippen molar-refractivity contribution < 1.29 is 49.6 Å². The first kappa shape index (κ1) is 22.2. The van der Waals surface area contributed by atoms with Gasteiger partial charge in [-0.25, -0.2) is 4.79 Å². The first-order valence-corrected chi connectivity index (χ1v) is 8.56. The number of rotatable bonds is 8. The van der Waals surface area contributed by atoms with Gasteiger partial charge in [0.1, 0.15) is 42.9 Å². The summed E-state index contributed by atoms with van der Waals surface area (Å²) < 4.78 is 15.1. The van der Waals surface area contributed by atoms with Crippen LogP contribution in [0.15, 0.2) is 30.3 Å². The molecule has 1 saturated heterocycles. The minimum Gasteiger partial charge on any atom is -0.508 e. The van der Waals surface area contributed by atoms with Crippen LogP contribution in [0.2, 0.25) is 0 Å². The Labute approximate surface area is 160 Å². The number of carbonyl (C=O) groups is 1. The second-order valence-corrected chi connectivity index (χ2v) is 6.24. The van der Waals surface area contributed by atoms with Gasteiger partial charge in [0.05, 0.1) is 13.2 Å². The van der Waals surface area contributed by atoms with E-state index in [-0.39, 0.29) is 5.75 Å². The van der Waals surface area contributed by atoms with Crippen LogP contribution in [0.4, 0.5) is 0 Å². The number of ether oxygens (including phenoxy) is 3. The number of hydrogen-bond donors (Lipinski definition) is 6. The summed E-state index contributed by atoms with van der Waals surface area (Å²) in [6.45, 7) is -1.38. The van der Waals surface area contributed by atoms with Crippen molar-refractivity contribution in [1.29, 1.82) is 0 Å². The van der Waals surface area contributed by atoms with Gasteiger partial charge < -0.3 is 44.8 Å². The van der Waals surface area contributed by atoms with Crippen LogP contribution in [-0.4, -0.2) is 93.2 Å². The maximum absolute atomic E-state index is 11.6. The molecule has 1 aliphatic heterocycles. The van der Waals surface area contributed by atoms with E-state index in [4.69, 9.17) is 19.3 Å². The summed E-state index contributed by atoms with van der Waals surface area (Å²) in [7, 11) is 0. The Kier molecular flexibility index (Phi) is 8.33. The highest BCUT2D eigenvalue weighted by Crippen LogP contribution is 2.22. The molecule has 1 aromatic rings. The van der Waals surface area contributed by atoms with E-state index in [0.29, 0.717) is 5.56 Å². The first-order chi connectivity index (χ1) is 13.3. The fraction of sp³-hybridized carbons (Fsp3) is 0.500. The predicted molar refractivity (Wildman–Crippen MR) is 93.8 cm³/mol. The zero-order chi connectivity index (χ0) is 20.7. The highest BCUT2D eigenvalue weighted by Gasteiger charge is 2.44. The fourth-order valence-electron chi connectivity index (χ4n) is 2.44. The standard InChI is InChI=1S/C18H24O10/c19-7-13-15(23)16(24)17(25)18(28-13)27-9-12(21)8-26-14(22)6-3-10-1-4-11(20)5-2-10/h1-6,12-13,15-21,23-25H,7-9H2/b6-3+/t12-,13?,15?,16?,17?,18?/m1/s1. The van der Waals surface area contributed by atoms with E-state index < -0.39 is 62.6 Å². The van der Waals surface area contributed by atoms with Crippen LogP contribution in [0.3, 0.4) is 0 Å². The molecule has 5 unspecified atom stereocenters. The first-order valence-electron chi connectivity index (χ1n) is 8.56. The maximum Gasteiger partial charge on any atom is 0.330 e. The van der Waals surface area contributed by atoms with Gasteiger partial charge in [-0.05, 0) is 23.8 Å². The molecule has 10 heteroatoms. The van der Waals surface area contributed by atoms with Gasteiger partial charge in [0.15, 0.2) is 6.29 Å². The Hall–Kier alpha value is -2.05. The molecule has 0 aliphatic carbocycles. The van der Waals surface area contributed by atoms with E-state index in [1.807, 2.05) is 0 Å². The summed E-state index contributed by atoms with van der Waals surface area (Å²) in [5.74, 6) is -0.609. The number of esters is 1. The zero-order valence-electron chi connectivity index (χ0n) is 14.9. The number of aliphatic hydroxyl groups is 5. The van der Waals surface area contributed by atoms with E-state index in [0.717, 1.165) is 6.08 Å². The van der Waals surface area contributed by atoms with Crippen LogP contribution >= 0.6 is 0 Å². The lowest BCUT2D eigenvalue weighted by atomic mass is 9.99. The van der Waals surface area contributed by atoms with Crippen LogP contribution in [-0.2, 0) is 19.0 Å². The molecule has 1 heterocycles. The Bertz CT molecular complexity index is 644. The Balaban J connectivity index is 1.73. The van der Waals surface area contributed by atoms with Gasteiger partial charge in [-0.2, -0.15) is 0 Å². The van der Waals surface area contributed by atoms with E-state index in [9.17, 15) is 30.3 Å². The minimum atomic E-state index is -1.59. The zero-order valence-corrected chi connectivity index (χ0v) is 14.9. The lowest BCUT2D eigenvalue weighted by molar-refractivity contribution is -0.304. The predicted octanol–water partition coefficient (Wildman–Crippen LogP) is -1.87. The summed E-state index contributed by atoms with van der Waals surface area (Å²) in [6.07, 6.45) is -5.80. The van der Waals surface area contributed by atoms with Crippen molar-refractivity contribution in [2.45, 2.75) is 36.8 Å². The molecule has 0 spiro atoms. The molecule has 2 rings (SSSR count). The third-order valence-electron chi connectivity index (χ3n) is 4.02. The van der Waals surface area contributed by atoms with Gasteiger partial charge in [0, 0.05) is 6.08 Å². The molecule has 6 atom stereocenters. The van der Waals surface area contributed by atoms with Crippen molar-refractivity contribution in [2.75, 3.05) is 19.8 Å². The van der Waals surface area contributed by atoms with Gasteiger partial charge in [-0.15, -0.1) is 0 Å². The smallest absolute Gasteiger partial charge is 0.330 e. The van der Waals surface area contributed by atoms with Crippen LogP contribution < -0.4 is 0 Å². The van der Waals surface area contributed by atoms with Crippen molar-refractivity contribution in [1.82, 2.24) is 0 Å². The third-order valence-corrected chi connectivity index (χ3v) is 4.02. The van der Waals surface area contributed by atoms with Crippen molar-refractivity contribution in [3.63, 3.8) is 0 Å². The second-order valence-electron chi connectivity index (χ2n) is 6.24. The van der Waals surface area contributed by atoms with Crippen molar-refractivity contribution in [3.05, 3.63) is 35.9 Å². The molecule has 10 nitrogen and oxygen atoms in total. The summed E-state index contributed by atoms with van der Waals surface area (Å²) in [6, 6.07) is 6.13. The molecule has 0 saturated carbocycles. The number of phenolic OH excluding ortho intramolecular Hbond substituents is 1. The van der Waals surface area contributed by atoms with Crippen molar-refractivity contribution in [3.8, 4) is 5.75 Å². The highest BCUT2D eigenvalue weighted by atomic mass is 16.7. The maximum atomic E-state index is 11.6. The third kappa shape index (κ3) is 6.24. The molecule has 1 aromatic carbocycles. The summed E-state index contributed by atoms with van der Waals surface area (Å²) in [5.41, 5.74) is 0.668. The molecule has 0 radical (unpaired) electrons. The lowest BCUT2D eigenvalue weighted by Gasteiger charge is -2.39. The molecule has 0 aromatic heterocycles. The monoisotopic (exact) mass is 400 g/mol. The van der Waals surface area contributed by atoms with Crippen LogP contribution in [0.25, 0.3) is 6.08 Å². The summed E-state index contributed by atoms with van der Waals surface area (Å²) in [4.78, 5) is 11.6. The van der Waals surface area contributed by atoms with Crippen molar-refractivity contribution >= 4 is 12.0 Å². The van der Waals surface area contributed by atoms with Gasteiger partial charge in [-0.3, -0.25) is 0 Å². The molecule has 1 aliphatic rings. The average Bonchev–Trinajstić information content (AvgIpc) is 2.69. The lowest BCUT2D eigenvalue weighted by Crippen LogP contribution is -2.59. The van der Waals surface area contributed by atoms with Gasteiger partial charge in [0.25, 0.3) is 0 Å². The number of aliphatic hydroxyl groups excluding tert-OH is 5. The molecular formula is C18H24O10. The number of phenols is 1. The normalized spacial score (nSPS) is 29.0. The molecule has 156 valence electrons. The van der Waals surface area contributed by atoms with Gasteiger partial charge in [-0.1, -0.05) is 12.1 Å². The Morgan fingerprint density at radius 1 is 1.11 bits per heavy atom. The number of hydrogen-bond acceptors (Lipinski definition) is 10. The molecule has 28 heavy (non-hydrogen) atoms. The van der Waals surface area contributed by atoms with Crippen LogP contribution in [0.5, 0.6) is 5.75 Å². The minimum absolute atomic E-state index is 0.0993. The quantitative estimate of drug-likeness (QED) is 0.215. The number of benzene rings is 1. The molecule has 6 N–H and O–H groups in total. The second kappa shape index (κ2) is 10.5. The molecule has 1 fully saturated rings. The number of aromatic hydroxyl groups is 1. The average molecular weight is 400 g/mol. The Morgan fingerprint density at radius 2 is 1.79 bits per heavy atom. The summed E-state index contributed by atoms with van der Waals surface area (Å²) >= 11 is 0. The SMILES string of the molecule is O=C(/C=C/c1ccc(O)cc1)OC[C@@H](O)COC1OC(CO)C(O)C(O)C1O. The molecule has 0 bridgehead atoms. The Morgan fingerprint density at radius 3 is 2.43 bits per heavy atom. The molecule has 0 amide bonds. The topological polar surface area (TPSA) is 166 Å². The molecular weight excluding hydrogens is 376 g/mol. The van der Waals surface area contributed by atoms with E-state index >= 15 is 0 Å². The van der Waals surface area contributed by atoms with Gasteiger partial charge >= 0.3 is 5.97 Å². The number of carbonyl (C=O) groups excluding carboxylic acids is 1. The highest BCUT2D eigenvalue weighted by molar-refractivity contribution is 5.87. The summed E-state index contributed by atoms with van der Waals surface area (Å²) in [5, 5.41) is 57.2. The largest absolute Gasteiger partial charge is 0.508 e. The fourth-order valence-corrected chi connectivity index (χ4v) is 2.44. The van der Waals surface area contributed by atoms with E-state index in [1.54, 1.807) is 12.1 Å². The van der Waals surface area contributed by atoms with Crippen molar-refractivity contribution in [2.24, 2.45) is 0 Å². The van der Waals surface area contributed by atoms with Crippen LogP contribution in [0, 0.1) is 0 Å².